The summed E-state index contributed by atoms with van der Waals surface area (Å²) in [5.41, 5.74) is 7.21. The van der Waals surface area contributed by atoms with Gasteiger partial charge < -0.3 is 30.0 Å². The fraction of sp³-hybridized carbons (Fsp3) is 0.421. The van der Waals surface area contributed by atoms with E-state index < -0.39 is 11.9 Å². The van der Waals surface area contributed by atoms with Crippen molar-refractivity contribution in [2.75, 3.05) is 0 Å². The first-order valence-electron chi connectivity index (χ1n) is 15.9. The number of unbranched alkanes of at least 4 members (excludes halogenated alkanes) is 2. The van der Waals surface area contributed by atoms with Gasteiger partial charge in [-0.3, -0.25) is 9.98 Å². The van der Waals surface area contributed by atoms with E-state index in [1.807, 2.05) is 36.4 Å². The number of carboxylic acid groups (broad SMARTS) is 2. The third-order valence-electron chi connectivity index (χ3n) is 6.91. The zero-order valence-electron chi connectivity index (χ0n) is 28.9. The Labute approximate surface area is 290 Å². The van der Waals surface area contributed by atoms with E-state index in [0.29, 0.717) is 22.9 Å². The second-order valence-corrected chi connectivity index (χ2v) is 11.8. The molecule has 9 heteroatoms. The molecular weight excluding hydrogens is 639 g/mol. The van der Waals surface area contributed by atoms with E-state index in [-0.39, 0.29) is 28.6 Å². The van der Waals surface area contributed by atoms with Crippen LogP contribution in [0.25, 0.3) is 0 Å². The fourth-order valence-corrected chi connectivity index (χ4v) is 4.58. The number of phenols is 2. The third-order valence-corrected chi connectivity index (χ3v) is 6.91. The summed E-state index contributed by atoms with van der Waals surface area (Å²) in [6.45, 7) is 14.7. The van der Waals surface area contributed by atoms with Crippen LogP contribution in [0.3, 0.4) is 0 Å². The SMILES string of the molecule is CC(=O)[O-].CC(=O)[O-].CCCCc1cc(C=Nc2ccccc2N=Cc2cc(CCCC)cc(C(C)C)c2O)c(O)c(C(C)C)c1.[Co+2]. The standard InChI is InChI=1S/C34H44N2O2.2C2H4O2.Co/c1-7-9-13-25-17-27(33(37)29(19-25)23(3)4)21-35-31-15-11-12-16-32(31)36-22-28-18-26(14-10-8-2)20-30(24(5)6)34(28)38;2*1-2(3)4;/h11-12,15-24,37-38H,7-10,13-14H2,1-6H3;2*1H3,(H,3,4);/q;;;+2/p-2. The quantitative estimate of drug-likeness (QED) is 0.195. The molecule has 0 spiro atoms. The molecule has 257 valence electrons. The number of para-hydroxylation sites is 2. The number of carbonyl (C=O) groups is 2. The summed E-state index contributed by atoms with van der Waals surface area (Å²) in [6, 6.07) is 16.0. The molecule has 47 heavy (non-hydrogen) atoms. The first-order chi connectivity index (χ1) is 21.7. The normalized spacial score (nSPS) is 10.8. The molecule has 0 fully saturated rings. The van der Waals surface area contributed by atoms with Crippen molar-refractivity contribution < 1.29 is 46.8 Å². The van der Waals surface area contributed by atoms with Crippen molar-refractivity contribution in [1.82, 2.24) is 0 Å². The van der Waals surface area contributed by atoms with Crippen LogP contribution in [0.4, 0.5) is 11.4 Å². The van der Waals surface area contributed by atoms with E-state index in [4.69, 9.17) is 29.8 Å². The van der Waals surface area contributed by atoms with Gasteiger partial charge in [0.2, 0.25) is 0 Å². The number of hydrogen-bond donors (Lipinski definition) is 2. The first-order valence-corrected chi connectivity index (χ1v) is 15.9. The summed E-state index contributed by atoms with van der Waals surface area (Å²) in [5, 5.41) is 39.7. The minimum atomic E-state index is -1.08. The number of aryl methyl sites for hydroxylation is 2. The van der Waals surface area contributed by atoms with Crippen molar-refractivity contribution >= 4 is 35.7 Å². The fourth-order valence-electron chi connectivity index (χ4n) is 4.58. The number of nitrogens with zero attached hydrogens (tertiary/aromatic N) is 2. The second-order valence-electron chi connectivity index (χ2n) is 11.8. The number of aliphatic imine (C=N–C) groups is 2. The van der Waals surface area contributed by atoms with Gasteiger partial charge in [-0.2, -0.15) is 0 Å². The van der Waals surface area contributed by atoms with Crippen LogP contribution < -0.4 is 10.2 Å². The monoisotopic (exact) mass is 689 g/mol. The van der Waals surface area contributed by atoms with Crippen LogP contribution in [0, 0.1) is 0 Å². The van der Waals surface area contributed by atoms with E-state index in [2.05, 4.69) is 53.7 Å². The van der Waals surface area contributed by atoms with Crippen molar-refractivity contribution in [2.24, 2.45) is 9.98 Å². The van der Waals surface area contributed by atoms with Crippen LogP contribution in [0.5, 0.6) is 11.5 Å². The zero-order valence-corrected chi connectivity index (χ0v) is 30.0. The Morgan fingerprint density at radius 1 is 0.702 bits per heavy atom. The topological polar surface area (TPSA) is 145 Å². The summed E-state index contributed by atoms with van der Waals surface area (Å²) < 4.78 is 0. The molecule has 0 aliphatic rings. The minimum absolute atomic E-state index is 0. The van der Waals surface area contributed by atoms with Gasteiger partial charge in [-0.1, -0.05) is 78.6 Å². The van der Waals surface area contributed by atoms with E-state index in [9.17, 15) is 10.2 Å². The molecule has 0 saturated heterocycles. The van der Waals surface area contributed by atoms with Crippen LogP contribution in [0.2, 0.25) is 0 Å². The number of benzene rings is 3. The molecule has 1 radical (unpaired) electrons. The summed E-state index contributed by atoms with van der Waals surface area (Å²) in [7, 11) is 0. The Balaban J connectivity index is 0.00000211. The van der Waals surface area contributed by atoms with E-state index in [1.165, 1.54) is 11.1 Å². The van der Waals surface area contributed by atoms with Crippen molar-refractivity contribution in [3.63, 3.8) is 0 Å². The third kappa shape index (κ3) is 15.9. The van der Waals surface area contributed by atoms with Gasteiger partial charge in [-0.15, -0.1) is 0 Å². The Hall–Kier alpha value is -3.95. The van der Waals surface area contributed by atoms with Gasteiger partial charge in [-0.25, -0.2) is 0 Å². The van der Waals surface area contributed by atoms with Crippen molar-refractivity contribution in [3.05, 3.63) is 81.9 Å². The molecule has 3 rings (SSSR count). The van der Waals surface area contributed by atoms with Gasteiger partial charge >= 0.3 is 16.8 Å². The summed E-state index contributed by atoms with van der Waals surface area (Å²) in [4.78, 5) is 27.3. The van der Waals surface area contributed by atoms with E-state index >= 15 is 0 Å². The molecule has 2 N–H and O–H groups in total. The Morgan fingerprint density at radius 3 is 1.30 bits per heavy atom. The van der Waals surface area contributed by atoms with Crippen LogP contribution in [-0.2, 0) is 39.2 Å². The zero-order chi connectivity index (χ0) is 34.8. The number of phenolic OH excluding ortho intramolecular Hbond substituents is 2. The maximum Gasteiger partial charge on any atom is 2.00 e. The molecule has 0 aliphatic heterocycles. The number of rotatable bonds is 12. The smallest absolute Gasteiger partial charge is 0.550 e. The molecule has 0 amide bonds. The molecule has 3 aromatic rings. The molecule has 0 bridgehead atoms. The molecule has 0 unspecified atom stereocenters. The van der Waals surface area contributed by atoms with Crippen molar-refractivity contribution in [2.45, 2.75) is 106 Å². The molecule has 0 atom stereocenters. The first kappa shape index (κ1) is 43.0. The van der Waals surface area contributed by atoms with Gasteiger partial charge in [0.05, 0.1) is 11.4 Å². The van der Waals surface area contributed by atoms with Gasteiger partial charge in [-0.05, 0) is 97.9 Å². The molecule has 8 nitrogen and oxygen atoms in total. The van der Waals surface area contributed by atoms with E-state index in [1.54, 1.807) is 12.4 Å². The number of aromatic hydroxyl groups is 2. The minimum Gasteiger partial charge on any atom is -0.550 e. The summed E-state index contributed by atoms with van der Waals surface area (Å²) >= 11 is 0. The number of carboxylic acids is 2. The second kappa shape index (κ2) is 22.6. The van der Waals surface area contributed by atoms with Crippen molar-refractivity contribution in [1.29, 1.82) is 0 Å². The molecule has 0 heterocycles. The van der Waals surface area contributed by atoms with Gasteiger partial charge in [0.25, 0.3) is 0 Å². The van der Waals surface area contributed by atoms with Gasteiger partial charge in [0, 0.05) is 35.5 Å². The van der Waals surface area contributed by atoms with Crippen molar-refractivity contribution in [3.8, 4) is 11.5 Å². The Kier molecular flexibility index (Phi) is 20.7. The Bertz CT molecular complexity index is 1360. The largest absolute Gasteiger partial charge is 2.00 e. The van der Waals surface area contributed by atoms with Gasteiger partial charge in [0.15, 0.2) is 0 Å². The maximum absolute atomic E-state index is 10.9. The average molecular weight is 690 g/mol. The predicted molar refractivity (Wildman–Crippen MR) is 184 cm³/mol. The maximum atomic E-state index is 10.9. The molecule has 3 aromatic carbocycles. The van der Waals surface area contributed by atoms with Crippen LogP contribution in [0.15, 0.2) is 58.5 Å². The average Bonchev–Trinajstić information content (AvgIpc) is 2.98. The number of carbonyl (C=O) groups excluding carboxylic acids is 2. The van der Waals surface area contributed by atoms with Crippen LogP contribution >= 0.6 is 0 Å². The van der Waals surface area contributed by atoms with Crippen LogP contribution in [0.1, 0.15) is 126 Å². The molecular formula is C38H50CoN2O6. The summed E-state index contributed by atoms with van der Waals surface area (Å²) in [5.74, 6) is -1.14. The molecule has 0 aliphatic carbocycles. The molecule has 0 saturated carbocycles. The van der Waals surface area contributed by atoms with Gasteiger partial charge in [0.1, 0.15) is 11.5 Å². The van der Waals surface area contributed by atoms with Crippen LogP contribution in [-0.4, -0.2) is 34.6 Å². The molecule has 0 aromatic heterocycles. The number of hydrogen-bond acceptors (Lipinski definition) is 8. The van der Waals surface area contributed by atoms with E-state index in [0.717, 1.165) is 74.6 Å². The Morgan fingerprint density at radius 2 is 1.02 bits per heavy atom. The summed E-state index contributed by atoms with van der Waals surface area (Å²) in [6.07, 6.45) is 9.93. The predicted octanol–water partition coefficient (Wildman–Crippen LogP) is 7.04. The number of aliphatic carboxylic acids is 2.